The van der Waals surface area contributed by atoms with Crippen molar-refractivity contribution in [3.05, 3.63) is 101 Å². The van der Waals surface area contributed by atoms with Crippen LogP contribution in [0.4, 0.5) is 0 Å². The minimum absolute atomic E-state index is 0.0161. The molecule has 5 nitrogen and oxygen atoms in total. The number of rotatable bonds is 4. The summed E-state index contributed by atoms with van der Waals surface area (Å²) in [6.07, 6.45) is 3.53. The first kappa shape index (κ1) is 16.7. The van der Waals surface area contributed by atoms with Crippen LogP contribution in [0.3, 0.4) is 0 Å². The van der Waals surface area contributed by atoms with Crippen LogP contribution in [0.2, 0.25) is 0 Å². The first-order valence-electron chi connectivity index (χ1n) is 9.34. The van der Waals surface area contributed by atoms with E-state index in [-0.39, 0.29) is 12.1 Å². The van der Waals surface area contributed by atoms with Crippen LogP contribution in [-0.2, 0) is 9.47 Å². The summed E-state index contributed by atoms with van der Waals surface area (Å²) in [7, 11) is 0. The van der Waals surface area contributed by atoms with Gasteiger partial charge in [0.05, 0.1) is 11.1 Å². The molecule has 2 aliphatic heterocycles. The molecule has 0 unspecified atom stereocenters. The lowest BCUT2D eigenvalue weighted by Crippen LogP contribution is -2.07. The normalized spacial score (nSPS) is 20.9. The predicted octanol–water partition coefficient (Wildman–Crippen LogP) is 4.12. The molecule has 0 spiro atoms. The van der Waals surface area contributed by atoms with Gasteiger partial charge in [-0.15, -0.1) is 0 Å². The number of hydrogen-bond acceptors (Lipinski definition) is 5. The van der Waals surface area contributed by atoms with Crippen molar-refractivity contribution >= 4 is 11.8 Å². The number of ether oxygens (including phenoxy) is 2. The van der Waals surface area contributed by atoms with Gasteiger partial charge in [-0.05, 0) is 17.2 Å². The van der Waals surface area contributed by atoms with Crippen LogP contribution in [0.15, 0.2) is 89.1 Å². The smallest absolute Gasteiger partial charge is 0.218 e. The fourth-order valence-corrected chi connectivity index (χ4v) is 3.43. The number of benzene rings is 2. The van der Waals surface area contributed by atoms with Crippen molar-refractivity contribution in [3.63, 3.8) is 0 Å². The van der Waals surface area contributed by atoms with Crippen molar-refractivity contribution in [2.45, 2.75) is 12.1 Å². The van der Waals surface area contributed by atoms with Gasteiger partial charge in [0.25, 0.3) is 0 Å². The number of pyridine rings is 1. The molecule has 2 aliphatic rings. The maximum Gasteiger partial charge on any atom is 0.218 e. The van der Waals surface area contributed by atoms with E-state index < -0.39 is 0 Å². The molecule has 0 fully saturated rings. The Morgan fingerprint density at radius 2 is 1.11 bits per heavy atom. The Balaban J connectivity index is 1.39. The summed E-state index contributed by atoms with van der Waals surface area (Å²) < 4.78 is 11.7. The van der Waals surface area contributed by atoms with E-state index in [1.807, 2.05) is 42.5 Å². The summed E-state index contributed by atoms with van der Waals surface area (Å²) >= 11 is 0. The molecule has 5 heteroatoms. The van der Waals surface area contributed by atoms with Gasteiger partial charge in [0.1, 0.15) is 25.3 Å². The van der Waals surface area contributed by atoms with Crippen LogP contribution in [0, 0.1) is 0 Å². The summed E-state index contributed by atoms with van der Waals surface area (Å²) in [5.41, 5.74) is 3.97. The van der Waals surface area contributed by atoms with E-state index in [0.717, 1.165) is 22.3 Å². The van der Waals surface area contributed by atoms with Crippen LogP contribution >= 0.6 is 0 Å². The second kappa shape index (κ2) is 7.27. The quantitative estimate of drug-likeness (QED) is 0.695. The largest absolute Gasteiger partial charge is 0.475 e. The molecule has 0 radical (unpaired) electrons. The van der Waals surface area contributed by atoms with Crippen LogP contribution in [0.1, 0.15) is 34.3 Å². The highest BCUT2D eigenvalue weighted by atomic mass is 16.5. The zero-order valence-electron chi connectivity index (χ0n) is 15.2. The molecule has 28 heavy (non-hydrogen) atoms. The summed E-state index contributed by atoms with van der Waals surface area (Å²) in [5, 5.41) is 0. The van der Waals surface area contributed by atoms with E-state index in [1.54, 1.807) is 12.4 Å². The second-order valence-electron chi connectivity index (χ2n) is 6.81. The number of aromatic nitrogens is 1. The monoisotopic (exact) mass is 369 g/mol. The maximum absolute atomic E-state index is 5.84. The van der Waals surface area contributed by atoms with Gasteiger partial charge in [-0.3, -0.25) is 4.98 Å². The highest BCUT2D eigenvalue weighted by molar-refractivity contribution is 6.00. The van der Waals surface area contributed by atoms with Crippen molar-refractivity contribution in [2.24, 2.45) is 9.98 Å². The summed E-state index contributed by atoms with van der Waals surface area (Å²) in [5.74, 6) is 1.22. The third kappa shape index (κ3) is 3.27. The third-order valence-electron chi connectivity index (χ3n) is 4.90. The van der Waals surface area contributed by atoms with Gasteiger partial charge in [-0.25, -0.2) is 9.98 Å². The van der Waals surface area contributed by atoms with Crippen molar-refractivity contribution in [1.82, 2.24) is 4.98 Å². The molecule has 138 valence electrons. The Morgan fingerprint density at radius 3 is 1.57 bits per heavy atom. The molecule has 0 amide bonds. The standard InChI is InChI=1S/C23H19N3O2/c1-3-7-16(8-4-1)20-14-27-22(25-20)18-11-19(13-24-12-18)23-26-21(15-28-23)17-9-5-2-6-10-17/h1-13,20-21H,14-15H2/t20-,21-/m0/s1. The fraction of sp³-hybridized carbons (Fsp3) is 0.174. The van der Waals surface area contributed by atoms with Gasteiger partial charge >= 0.3 is 0 Å². The molecular weight excluding hydrogens is 350 g/mol. The molecular formula is C23H19N3O2. The Hall–Kier alpha value is -3.47. The van der Waals surface area contributed by atoms with Crippen molar-refractivity contribution < 1.29 is 9.47 Å². The van der Waals surface area contributed by atoms with Gasteiger partial charge in [-0.1, -0.05) is 60.7 Å². The zero-order valence-corrected chi connectivity index (χ0v) is 15.2. The summed E-state index contributed by atoms with van der Waals surface area (Å²) in [4.78, 5) is 13.8. The maximum atomic E-state index is 5.84. The molecule has 0 aliphatic carbocycles. The third-order valence-corrected chi connectivity index (χ3v) is 4.90. The van der Waals surface area contributed by atoms with Gasteiger partial charge in [0, 0.05) is 12.4 Å². The number of hydrogen-bond donors (Lipinski definition) is 0. The SMILES string of the molecule is c1ccc([C@@H]2COC(c3cncc(C4=N[C@H](c5ccccc5)CO4)c3)=N2)cc1. The first-order chi connectivity index (χ1) is 13.9. The molecule has 0 N–H and O–H groups in total. The van der Waals surface area contributed by atoms with E-state index in [0.29, 0.717) is 25.0 Å². The zero-order chi connectivity index (χ0) is 18.8. The van der Waals surface area contributed by atoms with Gasteiger partial charge in [-0.2, -0.15) is 0 Å². The lowest BCUT2D eigenvalue weighted by atomic mass is 10.1. The van der Waals surface area contributed by atoms with Crippen LogP contribution in [0.25, 0.3) is 0 Å². The predicted molar refractivity (Wildman–Crippen MR) is 108 cm³/mol. The molecule has 0 saturated carbocycles. The molecule has 3 heterocycles. The Bertz CT molecular complexity index is 951. The van der Waals surface area contributed by atoms with Crippen molar-refractivity contribution in [2.75, 3.05) is 13.2 Å². The highest BCUT2D eigenvalue weighted by Gasteiger charge is 2.25. The fourth-order valence-electron chi connectivity index (χ4n) is 3.43. The van der Waals surface area contributed by atoms with E-state index >= 15 is 0 Å². The molecule has 3 aromatic rings. The van der Waals surface area contributed by atoms with Gasteiger partial charge in [0.2, 0.25) is 11.8 Å². The van der Waals surface area contributed by atoms with Crippen molar-refractivity contribution in [1.29, 1.82) is 0 Å². The van der Waals surface area contributed by atoms with Crippen LogP contribution < -0.4 is 0 Å². The average Bonchev–Trinajstić information content (AvgIpc) is 3.46. The second-order valence-corrected chi connectivity index (χ2v) is 6.81. The highest BCUT2D eigenvalue weighted by Crippen LogP contribution is 2.27. The number of aliphatic imine (C=N–C) groups is 2. The van der Waals surface area contributed by atoms with Crippen molar-refractivity contribution in [3.8, 4) is 0 Å². The summed E-state index contributed by atoms with van der Waals surface area (Å²) in [6, 6.07) is 22.4. The van der Waals surface area contributed by atoms with Crippen LogP contribution in [0.5, 0.6) is 0 Å². The average molecular weight is 369 g/mol. The van der Waals surface area contributed by atoms with E-state index in [4.69, 9.17) is 19.5 Å². The number of nitrogens with zero attached hydrogens (tertiary/aromatic N) is 3. The molecule has 0 saturated heterocycles. The first-order valence-corrected chi connectivity index (χ1v) is 9.34. The lowest BCUT2D eigenvalue weighted by molar-refractivity contribution is 0.319. The lowest BCUT2D eigenvalue weighted by Gasteiger charge is -2.04. The molecule has 5 rings (SSSR count). The molecule has 2 atom stereocenters. The Morgan fingerprint density at radius 1 is 0.643 bits per heavy atom. The molecule has 0 bridgehead atoms. The topological polar surface area (TPSA) is 56.1 Å². The molecule has 2 aromatic carbocycles. The Labute approximate surface area is 163 Å². The molecule has 1 aromatic heterocycles. The minimum Gasteiger partial charge on any atom is -0.475 e. The minimum atomic E-state index is 0.0161. The van der Waals surface area contributed by atoms with Gasteiger partial charge < -0.3 is 9.47 Å². The van der Waals surface area contributed by atoms with E-state index in [1.165, 1.54) is 0 Å². The van der Waals surface area contributed by atoms with Gasteiger partial charge in [0.15, 0.2) is 0 Å². The summed E-state index contributed by atoms with van der Waals surface area (Å²) in [6.45, 7) is 1.08. The van der Waals surface area contributed by atoms with Crippen LogP contribution in [-0.4, -0.2) is 30.0 Å². The van der Waals surface area contributed by atoms with E-state index in [2.05, 4.69) is 29.2 Å². The van der Waals surface area contributed by atoms with E-state index in [9.17, 15) is 0 Å². The Kier molecular flexibility index (Phi) is 4.33.